The van der Waals surface area contributed by atoms with Gasteiger partial charge in [-0.25, -0.2) is 4.98 Å². The average molecular weight is 254 g/mol. The summed E-state index contributed by atoms with van der Waals surface area (Å²) in [6, 6.07) is 1.61. The van der Waals surface area contributed by atoms with E-state index >= 15 is 0 Å². The Balaban J connectivity index is 2.99. The molecule has 6 heteroatoms. The van der Waals surface area contributed by atoms with E-state index in [2.05, 4.69) is 4.98 Å². The lowest BCUT2D eigenvalue weighted by Gasteiger charge is -2.13. The van der Waals surface area contributed by atoms with Crippen molar-refractivity contribution in [2.24, 2.45) is 0 Å². The molecule has 2 nitrogen and oxygen atoms in total. The molecular weight excluding hydrogens is 243 g/mol. The maximum absolute atomic E-state index is 12.4. The van der Waals surface area contributed by atoms with Crippen LogP contribution in [0.1, 0.15) is 25.8 Å². The third-order valence-corrected chi connectivity index (χ3v) is 2.19. The maximum Gasteiger partial charge on any atom is 0.416 e. The van der Waals surface area contributed by atoms with Crippen molar-refractivity contribution in [2.75, 3.05) is 0 Å². The number of halogens is 4. The molecule has 90 valence electrons. The van der Waals surface area contributed by atoms with Crippen molar-refractivity contribution in [3.63, 3.8) is 0 Å². The molecule has 0 fully saturated rings. The lowest BCUT2D eigenvalue weighted by Crippen LogP contribution is -2.12. The van der Waals surface area contributed by atoms with Crippen molar-refractivity contribution >= 4 is 11.6 Å². The minimum Gasteiger partial charge on any atom is -0.475 e. The maximum atomic E-state index is 12.4. The zero-order valence-electron chi connectivity index (χ0n) is 8.81. The zero-order chi connectivity index (χ0) is 12.3. The van der Waals surface area contributed by atoms with E-state index in [1.807, 2.05) is 6.92 Å². The highest BCUT2D eigenvalue weighted by molar-refractivity contribution is 6.29. The molecule has 0 N–H and O–H groups in total. The molecule has 1 atom stereocenters. The van der Waals surface area contributed by atoms with E-state index in [1.54, 1.807) is 6.92 Å². The SMILES string of the molecule is CCC(C)Oc1cc(C(F)(F)F)cc(Cl)n1. The van der Waals surface area contributed by atoms with Gasteiger partial charge >= 0.3 is 6.18 Å². The fourth-order valence-electron chi connectivity index (χ4n) is 0.986. The number of rotatable bonds is 3. The Morgan fingerprint density at radius 2 is 2.06 bits per heavy atom. The van der Waals surface area contributed by atoms with Crippen molar-refractivity contribution < 1.29 is 17.9 Å². The van der Waals surface area contributed by atoms with Gasteiger partial charge in [-0.3, -0.25) is 0 Å². The number of hydrogen-bond acceptors (Lipinski definition) is 2. The van der Waals surface area contributed by atoms with Crippen LogP contribution in [0, 0.1) is 0 Å². The Hall–Kier alpha value is -0.970. The van der Waals surface area contributed by atoms with Gasteiger partial charge in [-0.1, -0.05) is 18.5 Å². The Morgan fingerprint density at radius 1 is 1.44 bits per heavy atom. The zero-order valence-corrected chi connectivity index (χ0v) is 9.56. The summed E-state index contributed by atoms with van der Waals surface area (Å²) in [5.41, 5.74) is -0.856. The highest BCUT2D eigenvalue weighted by Gasteiger charge is 2.31. The number of pyridine rings is 1. The quantitative estimate of drug-likeness (QED) is 0.762. The first-order valence-corrected chi connectivity index (χ1v) is 5.12. The van der Waals surface area contributed by atoms with E-state index in [0.717, 1.165) is 12.1 Å². The second kappa shape index (κ2) is 4.91. The first kappa shape index (κ1) is 13.1. The molecule has 16 heavy (non-hydrogen) atoms. The number of alkyl halides is 3. The van der Waals surface area contributed by atoms with E-state index in [-0.39, 0.29) is 17.1 Å². The minimum atomic E-state index is -4.44. The van der Waals surface area contributed by atoms with Crippen LogP contribution in [0.2, 0.25) is 5.15 Å². The van der Waals surface area contributed by atoms with Gasteiger partial charge in [-0.15, -0.1) is 0 Å². The van der Waals surface area contributed by atoms with E-state index in [0.29, 0.717) is 6.42 Å². The average Bonchev–Trinajstić information content (AvgIpc) is 2.15. The lowest BCUT2D eigenvalue weighted by atomic mass is 10.2. The van der Waals surface area contributed by atoms with Crippen LogP contribution in [0.25, 0.3) is 0 Å². The van der Waals surface area contributed by atoms with Crippen LogP contribution >= 0.6 is 11.6 Å². The number of nitrogens with zero attached hydrogens (tertiary/aromatic N) is 1. The summed E-state index contributed by atoms with van der Waals surface area (Å²) in [7, 11) is 0. The van der Waals surface area contributed by atoms with E-state index < -0.39 is 11.7 Å². The van der Waals surface area contributed by atoms with Crippen LogP contribution in [-0.2, 0) is 6.18 Å². The number of ether oxygens (including phenoxy) is 1. The summed E-state index contributed by atoms with van der Waals surface area (Å²) in [5, 5.41) is -0.229. The second-order valence-electron chi connectivity index (χ2n) is 3.35. The first-order chi connectivity index (χ1) is 7.32. The molecule has 0 spiro atoms. The van der Waals surface area contributed by atoms with E-state index in [1.165, 1.54) is 0 Å². The monoisotopic (exact) mass is 253 g/mol. The van der Waals surface area contributed by atoms with Gasteiger partial charge in [0.05, 0.1) is 11.7 Å². The lowest BCUT2D eigenvalue weighted by molar-refractivity contribution is -0.137. The van der Waals surface area contributed by atoms with Gasteiger partial charge in [0.2, 0.25) is 5.88 Å². The largest absolute Gasteiger partial charge is 0.475 e. The fraction of sp³-hybridized carbons (Fsp3) is 0.500. The molecule has 0 bridgehead atoms. The van der Waals surface area contributed by atoms with Crippen LogP contribution in [0.3, 0.4) is 0 Å². The first-order valence-electron chi connectivity index (χ1n) is 4.74. The molecular formula is C10H11ClF3NO. The molecule has 0 aliphatic carbocycles. The van der Waals surface area contributed by atoms with Crippen molar-refractivity contribution in [1.82, 2.24) is 4.98 Å². The Morgan fingerprint density at radius 3 is 2.56 bits per heavy atom. The smallest absolute Gasteiger partial charge is 0.416 e. The Bertz CT molecular complexity index is 368. The third kappa shape index (κ3) is 3.56. The molecule has 0 aromatic carbocycles. The van der Waals surface area contributed by atoms with Crippen LogP contribution in [0.15, 0.2) is 12.1 Å². The summed E-state index contributed by atoms with van der Waals surface area (Å²) >= 11 is 5.49. The molecule has 0 aliphatic heterocycles. The van der Waals surface area contributed by atoms with Gasteiger partial charge in [0.1, 0.15) is 5.15 Å². The molecule has 1 unspecified atom stereocenters. The molecule has 1 heterocycles. The van der Waals surface area contributed by atoms with Gasteiger partial charge in [0.25, 0.3) is 0 Å². The summed E-state index contributed by atoms with van der Waals surface area (Å²) in [4.78, 5) is 3.68. The number of aromatic nitrogens is 1. The van der Waals surface area contributed by atoms with Crippen molar-refractivity contribution in [3.05, 3.63) is 22.8 Å². The standard InChI is InChI=1S/C10H11ClF3NO/c1-3-6(2)16-9-5-7(10(12,13)14)4-8(11)15-9/h4-6H,3H2,1-2H3. The summed E-state index contributed by atoms with van der Waals surface area (Å²) < 4.78 is 42.5. The van der Waals surface area contributed by atoms with Crippen molar-refractivity contribution in [2.45, 2.75) is 32.5 Å². The molecule has 0 radical (unpaired) electrons. The van der Waals surface area contributed by atoms with E-state index in [9.17, 15) is 13.2 Å². The molecule has 1 aromatic heterocycles. The number of hydrogen-bond donors (Lipinski definition) is 0. The van der Waals surface area contributed by atoms with Gasteiger partial charge in [0, 0.05) is 6.07 Å². The van der Waals surface area contributed by atoms with Crippen molar-refractivity contribution in [3.8, 4) is 5.88 Å². The minimum absolute atomic E-state index is 0.103. The van der Waals surface area contributed by atoms with Crippen LogP contribution < -0.4 is 4.74 Å². The molecule has 1 rings (SSSR count). The van der Waals surface area contributed by atoms with Gasteiger partial charge in [-0.05, 0) is 19.4 Å². The fourth-order valence-corrected chi connectivity index (χ4v) is 1.19. The van der Waals surface area contributed by atoms with Crippen LogP contribution in [-0.4, -0.2) is 11.1 Å². The predicted octanol–water partition coefficient (Wildman–Crippen LogP) is 3.93. The van der Waals surface area contributed by atoms with Crippen LogP contribution in [0.4, 0.5) is 13.2 Å². The summed E-state index contributed by atoms with van der Waals surface area (Å²) in [6.07, 6.45) is -3.97. The summed E-state index contributed by atoms with van der Waals surface area (Å²) in [6.45, 7) is 3.61. The van der Waals surface area contributed by atoms with Crippen molar-refractivity contribution in [1.29, 1.82) is 0 Å². The predicted molar refractivity (Wildman–Crippen MR) is 54.6 cm³/mol. The van der Waals surface area contributed by atoms with Gasteiger partial charge < -0.3 is 4.74 Å². The molecule has 0 saturated heterocycles. The van der Waals surface area contributed by atoms with Crippen LogP contribution in [0.5, 0.6) is 5.88 Å². The molecule has 0 aliphatic rings. The van der Waals surface area contributed by atoms with Gasteiger partial charge in [0.15, 0.2) is 0 Å². The highest BCUT2D eigenvalue weighted by Crippen LogP contribution is 2.32. The Labute approximate surface area is 96.4 Å². The second-order valence-corrected chi connectivity index (χ2v) is 3.74. The molecule has 0 saturated carbocycles. The Kier molecular flexibility index (Phi) is 4.02. The molecule has 1 aromatic rings. The normalized spacial score (nSPS) is 13.6. The van der Waals surface area contributed by atoms with E-state index in [4.69, 9.17) is 16.3 Å². The highest BCUT2D eigenvalue weighted by atomic mass is 35.5. The topological polar surface area (TPSA) is 22.1 Å². The van der Waals surface area contributed by atoms with Gasteiger partial charge in [-0.2, -0.15) is 13.2 Å². The molecule has 0 amide bonds. The third-order valence-electron chi connectivity index (χ3n) is 1.99. The summed E-state index contributed by atoms with van der Waals surface area (Å²) in [5.74, 6) is -0.103.